The molecule has 0 saturated heterocycles. The zero-order valence-corrected chi connectivity index (χ0v) is 10.6. The SMILES string of the molecule is CNc1ncc(C)c(OCCc2ccccn2)n1. The van der Waals surface area contributed by atoms with Crippen LogP contribution in [0.15, 0.2) is 30.6 Å². The maximum absolute atomic E-state index is 5.65. The maximum Gasteiger partial charge on any atom is 0.225 e. The van der Waals surface area contributed by atoms with Crippen molar-refractivity contribution in [2.45, 2.75) is 13.3 Å². The van der Waals surface area contributed by atoms with Crippen molar-refractivity contribution in [3.8, 4) is 5.88 Å². The molecule has 0 bridgehead atoms. The van der Waals surface area contributed by atoms with Crippen LogP contribution in [-0.4, -0.2) is 28.6 Å². The Kier molecular flexibility index (Phi) is 4.06. The molecule has 2 aromatic heterocycles. The number of anilines is 1. The van der Waals surface area contributed by atoms with E-state index in [0.717, 1.165) is 17.7 Å². The van der Waals surface area contributed by atoms with Gasteiger partial charge in [0.05, 0.1) is 6.61 Å². The summed E-state index contributed by atoms with van der Waals surface area (Å²) in [7, 11) is 1.78. The molecule has 0 amide bonds. The van der Waals surface area contributed by atoms with Gasteiger partial charge in [-0.25, -0.2) is 4.98 Å². The summed E-state index contributed by atoms with van der Waals surface area (Å²) in [6.07, 6.45) is 4.29. The van der Waals surface area contributed by atoms with E-state index < -0.39 is 0 Å². The Morgan fingerprint density at radius 2 is 2.17 bits per heavy atom. The van der Waals surface area contributed by atoms with Crippen molar-refractivity contribution in [3.05, 3.63) is 41.9 Å². The molecule has 5 heteroatoms. The van der Waals surface area contributed by atoms with Gasteiger partial charge in [-0.1, -0.05) is 6.07 Å². The molecule has 0 spiro atoms. The number of aryl methyl sites for hydroxylation is 1. The number of rotatable bonds is 5. The molecule has 0 aliphatic carbocycles. The summed E-state index contributed by atoms with van der Waals surface area (Å²) in [5.41, 5.74) is 1.94. The van der Waals surface area contributed by atoms with Gasteiger partial charge in [0.1, 0.15) is 0 Å². The highest BCUT2D eigenvalue weighted by atomic mass is 16.5. The average molecular weight is 244 g/mol. The fourth-order valence-electron chi connectivity index (χ4n) is 1.49. The van der Waals surface area contributed by atoms with Crippen molar-refractivity contribution in [3.63, 3.8) is 0 Å². The first-order valence-electron chi connectivity index (χ1n) is 5.83. The molecular formula is C13H16N4O. The van der Waals surface area contributed by atoms with E-state index >= 15 is 0 Å². The standard InChI is InChI=1S/C13H16N4O/c1-10-9-16-13(14-2)17-12(10)18-8-6-11-5-3-4-7-15-11/h3-5,7,9H,6,8H2,1-2H3,(H,14,16,17). The van der Waals surface area contributed by atoms with Gasteiger partial charge < -0.3 is 10.1 Å². The average Bonchev–Trinajstić information content (AvgIpc) is 2.42. The van der Waals surface area contributed by atoms with Gasteiger partial charge in [0, 0.05) is 37.1 Å². The summed E-state index contributed by atoms with van der Waals surface area (Å²) in [6.45, 7) is 2.48. The Balaban J connectivity index is 1.94. The van der Waals surface area contributed by atoms with Crippen molar-refractivity contribution in [2.75, 3.05) is 19.0 Å². The summed E-state index contributed by atoms with van der Waals surface area (Å²) < 4.78 is 5.65. The number of nitrogens with one attached hydrogen (secondary N) is 1. The van der Waals surface area contributed by atoms with Crippen LogP contribution in [0, 0.1) is 6.92 Å². The van der Waals surface area contributed by atoms with Gasteiger partial charge >= 0.3 is 0 Å². The zero-order chi connectivity index (χ0) is 12.8. The third-order valence-electron chi connectivity index (χ3n) is 2.47. The first-order valence-corrected chi connectivity index (χ1v) is 5.83. The van der Waals surface area contributed by atoms with Gasteiger partial charge in [-0.2, -0.15) is 4.98 Å². The maximum atomic E-state index is 5.65. The van der Waals surface area contributed by atoms with E-state index in [1.807, 2.05) is 25.1 Å². The highest BCUT2D eigenvalue weighted by Gasteiger charge is 2.04. The summed E-state index contributed by atoms with van der Waals surface area (Å²) in [5, 5.41) is 2.89. The van der Waals surface area contributed by atoms with Crippen molar-refractivity contribution in [2.24, 2.45) is 0 Å². The molecule has 5 nitrogen and oxygen atoms in total. The Labute approximate surface area is 106 Å². The Bertz CT molecular complexity index is 502. The monoisotopic (exact) mass is 244 g/mol. The number of hydrogen-bond acceptors (Lipinski definition) is 5. The first kappa shape index (κ1) is 12.3. The normalized spacial score (nSPS) is 10.1. The third kappa shape index (κ3) is 3.16. The lowest BCUT2D eigenvalue weighted by Crippen LogP contribution is -2.07. The van der Waals surface area contributed by atoms with Crippen LogP contribution >= 0.6 is 0 Å². The lowest BCUT2D eigenvalue weighted by atomic mass is 10.3. The third-order valence-corrected chi connectivity index (χ3v) is 2.47. The number of nitrogens with zero attached hydrogens (tertiary/aromatic N) is 3. The Morgan fingerprint density at radius 3 is 2.89 bits per heavy atom. The van der Waals surface area contributed by atoms with Gasteiger partial charge in [0.15, 0.2) is 0 Å². The second kappa shape index (κ2) is 5.95. The molecular weight excluding hydrogens is 228 g/mol. The second-order valence-corrected chi connectivity index (χ2v) is 3.85. The molecule has 94 valence electrons. The van der Waals surface area contributed by atoms with Crippen LogP contribution in [0.3, 0.4) is 0 Å². The molecule has 0 aliphatic heterocycles. The zero-order valence-electron chi connectivity index (χ0n) is 10.6. The van der Waals surface area contributed by atoms with E-state index in [0.29, 0.717) is 18.4 Å². The largest absolute Gasteiger partial charge is 0.477 e. The van der Waals surface area contributed by atoms with Crippen LogP contribution in [-0.2, 0) is 6.42 Å². The molecule has 2 aromatic rings. The quantitative estimate of drug-likeness (QED) is 0.869. The van der Waals surface area contributed by atoms with Gasteiger partial charge in [-0.05, 0) is 19.1 Å². The van der Waals surface area contributed by atoms with E-state index in [4.69, 9.17) is 4.74 Å². The fraction of sp³-hybridized carbons (Fsp3) is 0.308. The van der Waals surface area contributed by atoms with Crippen LogP contribution in [0.4, 0.5) is 5.95 Å². The lowest BCUT2D eigenvalue weighted by Gasteiger charge is -2.08. The highest BCUT2D eigenvalue weighted by Crippen LogP contribution is 2.15. The number of pyridine rings is 1. The summed E-state index contributed by atoms with van der Waals surface area (Å²) in [6, 6.07) is 5.85. The van der Waals surface area contributed by atoms with Gasteiger partial charge in [0.25, 0.3) is 0 Å². The van der Waals surface area contributed by atoms with E-state index in [-0.39, 0.29) is 0 Å². The first-order chi connectivity index (χ1) is 8.79. The fourth-order valence-corrected chi connectivity index (χ4v) is 1.49. The molecule has 0 aliphatic rings. The molecule has 0 fully saturated rings. The second-order valence-electron chi connectivity index (χ2n) is 3.85. The minimum atomic E-state index is 0.554. The van der Waals surface area contributed by atoms with Crippen molar-refractivity contribution >= 4 is 5.95 Å². The van der Waals surface area contributed by atoms with Crippen LogP contribution in [0.5, 0.6) is 5.88 Å². The van der Waals surface area contributed by atoms with Gasteiger partial charge in [-0.15, -0.1) is 0 Å². The summed E-state index contributed by atoms with van der Waals surface area (Å²) >= 11 is 0. The van der Waals surface area contributed by atoms with E-state index in [1.165, 1.54) is 0 Å². The molecule has 0 unspecified atom stereocenters. The van der Waals surface area contributed by atoms with E-state index in [1.54, 1.807) is 19.4 Å². The van der Waals surface area contributed by atoms with Crippen molar-refractivity contribution < 1.29 is 4.74 Å². The van der Waals surface area contributed by atoms with Gasteiger partial charge in [-0.3, -0.25) is 4.98 Å². The molecule has 2 rings (SSSR count). The number of ether oxygens (including phenoxy) is 1. The molecule has 0 aromatic carbocycles. The molecule has 0 radical (unpaired) electrons. The molecule has 0 saturated carbocycles. The van der Waals surface area contributed by atoms with Gasteiger partial charge in [0.2, 0.25) is 11.8 Å². The summed E-state index contributed by atoms with van der Waals surface area (Å²) in [4.78, 5) is 12.6. The molecule has 0 atom stereocenters. The number of hydrogen-bond donors (Lipinski definition) is 1. The minimum absolute atomic E-state index is 0.554. The lowest BCUT2D eigenvalue weighted by molar-refractivity contribution is 0.306. The predicted molar refractivity (Wildman–Crippen MR) is 69.8 cm³/mol. The van der Waals surface area contributed by atoms with Crippen molar-refractivity contribution in [1.29, 1.82) is 0 Å². The molecule has 18 heavy (non-hydrogen) atoms. The van der Waals surface area contributed by atoms with Crippen molar-refractivity contribution in [1.82, 2.24) is 15.0 Å². The van der Waals surface area contributed by atoms with Crippen LogP contribution < -0.4 is 10.1 Å². The smallest absolute Gasteiger partial charge is 0.225 e. The topological polar surface area (TPSA) is 59.9 Å². The highest BCUT2D eigenvalue weighted by molar-refractivity contribution is 5.31. The van der Waals surface area contributed by atoms with Crippen LogP contribution in [0.1, 0.15) is 11.3 Å². The van der Waals surface area contributed by atoms with E-state index in [9.17, 15) is 0 Å². The minimum Gasteiger partial charge on any atom is -0.477 e. The Morgan fingerprint density at radius 1 is 1.28 bits per heavy atom. The van der Waals surface area contributed by atoms with E-state index in [2.05, 4.69) is 20.3 Å². The summed E-state index contributed by atoms with van der Waals surface area (Å²) in [5.74, 6) is 1.18. The Hall–Kier alpha value is -2.17. The van der Waals surface area contributed by atoms with Crippen LogP contribution in [0.2, 0.25) is 0 Å². The predicted octanol–water partition coefficient (Wildman–Crippen LogP) is 1.84. The molecule has 1 N–H and O–H groups in total. The molecule has 2 heterocycles. The van der Waals surface area contributed by atoms with Crippen LogP contribution in [0.25, 0.3) is 0 Å². The number of aromatic nitrogens is 3.